The van der Waals surface area contributed by atoms with Crippen molar-refractivity contribution in [2.45, 2.75) is 44.9 Å². The van der Waals surface area contributed by atoms with Gasteiger partial charge in [-0.05, 0) is 24.5 Å². The van der Waals surface area contributed by atoms with E-state index < -0.39 is 5.91 Å². The highest BCUT2D eigenvalue weighted by Crippen LogP contribution is 2.27. The molecule has 0 heterocycles. The molecule has 2 amide bonds. The monoisotopic (exact) mass is 308 g/mol. The van der Waals surface area contributed by atoms with Gasteiger partial charge in [-0.15, -0.1) is 0 Å². The lowest BCUT2D eigenvalue weighted by Crippen LogP contribution is -2.41. The summed E-state index contributed by atoms with van der Waals surface area (Å²) in [6.45, 7) is 0. The molecule has 0 unspecified atom stereocenters. The average Bonchev–Trinajstić information content (AvgIpc) is 2.52. The van der Waals surface area contributed by atoms with Gasteiger partial charge in [0.05, 0.1) is 10.6 Å². The van der Waals surface area contributed by atoms with Gasteiger partial charge in [0.25, 0.3) is 5.91 Å². The summed E-state index contributed by atoms with van der Waals surface area (Å²) in [5.74, 6) is 0.108. The topological polar surface area (TPSA) is 58.2 Å². The van der Waals surface area contributed by atoms with Crippen LogP contribution < -0.4 is 10.9 Å². The van der Waals surface area contributed by atoms with E-state index >= 15 is 0 Å². The van der Waals surface area contributed by atoms with Gasteiger partial charge in [-0.2, -0.15) is 0 Å². The van der Waals surface area contributed by atoms with Crippen LogP contribution in [-0.2, 0) is 4.79 Å². The van der Waals surface area contributed by atoms with Crippen molar-refractivity contribution in [3.8, 4) is 0 Å². The van der Waals surface area contributed by atoms with Crippen molar-refractivity contribution in [2.24, 2.45) is 5.92 Å². The number of hydrazine groups is 1. The standard InChI is InChI=1S/C16H21ClN2O2/c17-14-9-5-4-8-13(14)16(21)19-18-15(20)11-10-12-6-2-1-3-7-12/h4-5,8-9,12H,1-3,6-7,10-11H2,(H,18,20)(H,19,21). The molecule has 1 fully saturated rings. The van der Waals surface area contributed by atoms with E-state index in [1.54, 1.807) is 24.3 Å². The van der Waals surface area contributed by atoms with E-state index in [1.807, 2.05) is 0 Å². The fourth-order valence-electron chi connectivity index (χ4n) is 2.71. The van der Waals surface area contributed by atoms with Gasteiger partial charge in [0, 0.05) is 6.42 Å². The van der Waals surface area contributed by atoms with Crippen LogP contribution in [0.15, 0.2) is 24.3 Å². The number of halogens is 1. The summed E-state index contributed by atoms with van der Waals surface area (Å²) in [6.07, 6.45) is 7.65. The second-order valence-electron chi connectivity index (χ2n) is 5.52. The van der Waals surface area contributed by atoms with Crippen LogP contribution in [0.5, 0.6) is 0 Å². The number of hydrogen-bond acceptors (Lipinski definition) is 2. The van der Waals surface area contributed by atoms with E-state index in [1.165, 1.54) is 32.1 Å². The van der Waals surface area contributed by atoms with Gasteiger partial charge in [0.2, 0.25) is 5.91 Å². The van der Waals surface area contributed by atoms with Gasteiger partial charge < -0.3 is 0 Å². The van der Waals surface area contributed by atoms with E-state index in [-0.39, 0.29) is 5.91 Å². The van der Waals surface area contributed by atoms with Crippen LogP contribution in [0.4, 0.5) is 0 Å². The highest BCUT2D eigenvalue weighted by molar-refractivity contribution is 6.33. The molecule has 114 valence electrons. The Hall–Kier alpha value is -1.55. The predicted molar refractivity (Wildman–Crippen MR) is 82.9 cm³/mol. The molecule has 0 radical (unpaired) electrons. The third-order valence-electron chi connectivity index (χ3n) is 3.94. The lowest BCUT2D eigenvalue weighted by atomic mass is 9.86. The summed E-state index contributed by atoms with van der Waals surface area (Å²) in [4.78, 5) is 23.6. The molecule has 0 aliphatic heterocycles. The van der Waals surface area contributed by atoms with E-state index in [2.05, 4.69) is 10.9 Å². The van der Waals surface area contributed by atoms with Crippen molar-refractivity contribution in [3.63, 3.8) is 0 Å². The Labute approximate surface area is 130 Å². The third-order valence-corrected chi connectivity index (χ3v) is 4.27. The van der Waals surface area contributed by atoms with Crippen molar-refractivity contribution >= 4 is 23.4 Å². The zero-order valence-electron chi connectivity index (χ0n) is 12.0. The molecule has 1 aliphatic rings. The minimum atomic E-state index is -0.397. The Balaban J connectivity index is 1.71. The SMILES string of the molecule is O=C(CCC1CCCCC1)NNC(=O)c1ccccc1Cl. The Bertz CT molecular complexity index is 499. The number of nitrogens with one attached hydrogen (secondary N) is 2. The maximum atomic E-state index is 11.9. The number of carbonyl (C=O) groups excluding carboxylic acids is 2. The number of carbonyl (C=O) groups is 2. The molecule has 1 aromatic rings. The molecule has 0 saturated heterocycles. The molecule has 1 aromatic carbocycles. The summed E-state index contributed by atoms with van der Waals surface area (Å²) in [5, 5.41) is 0.367. The van der Waals surface area contributed by atoms with E-state index in [4.69, 9.17) is 11.6 Å². The summed E-state index contributed by atoms with van der Waals surface area (Å²) in [5.41, 5.74) is 5.21. The number of amides is 2. The molecule has 0 atom stereocenters. The van der Waals surface area contributed by atoms with Crippen molar-refractivity contribution in [2.75, 3.05) is 0 Å². The van der Waals surface area contributed by atoms with Crippen LogP contribution in [0.25, 0.3) is 0 Å². The predicted octanol–water partition coefficient (Wildman–Crippen LogP) is 3.46. The molecular weight excluding hydrogens is 288 g/mol. The molecule has 0 aromatic heterocycles. The highest BCUT2D eigenvalue weighted by atomic mass is 35.5. The summed E-state index contributed by atoms with van der Waals surface area (Å²) >= 11 is 5.92. The van der Waals surface area contributed by atoms with Crippen LogP contribution in [0.2, 0.25) is 5.02 Å². The van der Waals surface area contributed by atoms with Gasteiger partial charge in [-0.25, -0.2) is 0 Å². The minimum Gasteiger partial charge on any atom is -0.273 e. The van der Waals surface area contributed by atoms with Gasteiger partial charge in [0.1, 0.15) is 0 Å². The van der Waals surface area contributed by atoms with E-state index in [0.717, 1.165) is 6.42 Å². The second-order valence-corrected chi connectivity index (χ2v) is 5.93. The van der Waals surface area contributed by atoms with Crippen molar-refractivity contribution in [3.05, 3.63) is 34.9 Å². The lowest BCUT2D eigenvalue weighted by molar-refractivity contribution is -0.122. The van der Waals surface area contributed by atoms with Crippen molar-refractivity contribution < 1.29 is 9.59 Å². The molecular formula is C16H21ClN2O2. The Kier molecular flexibility index (Phi) is 6.05. The number of rotatable bonds is 4. The fourth-order valence-corrected chi connectivity index (χ4v) is 2.93. The first-order chi connectivity index (χ1) is 10.2. The lowest BCUT2D eigenvalue weighted by Gasteiger charge is -2.21. The Morgan fingerprint density at radius 3 is 2.52 bits per heavy atom. The first-order valence-electron chi connectivity index (χ1n) is 7.50. The molecule has 2 rings (SSSR count). The third kappa shape index (κ3) is 5.05. The quantitative estimate of drug-likeness (QED) is 0.837. The summed E-state index contributed by atoms with van der Waals surface area (Å²) in [6, 6.07) is 6.74. The van der Waals surface area contributed by atoms with Gasteiger partial charge in [0.15, 0.2) is 0 Å². The largest absolute Gasteiger partial charge is 0.273 e. The highest BCUT2D eigenvalue weighted by Gasteiger charge is 2.15. The molecule has 1 saturated carbocycles. The van der Waals surface area contributed by atoms with Gasteiger partial charge >= 0.3 is 0 Å². The van der Waals surface area contributed by atoms with E-state index in [9.17, 15) is 9.59 Å². The van der Waals surface area contributed by atoms with Crippen LogP contribution >= 0.6 is 11.6 Å². The maximum Gasteiger partial charge on any atom is 0.271 e. The van der Waals surface area contributed by atoms with Gasteiger partial charge in [-0.1, -0.05) is 55.8 Å². The fraction of sp³-hybridized carbons (Fsp3) is 0.500. The van der Waals surface area contributed by atoms with E-state index in [0.29, 0.717) is 22.9 Å². The molecule has 4 nitrogen and oxygen atoms in total. The molecule has 21 heavy (non-hydrogen) atoms. The second kappa shape index (κ2) is 8.03. The first kappa shape index (κ1) is 15.8. The maximum absolute atomic E-state index is 11.9. The molecule has 0 bridgehead atoms. The van der Waals surface area contributed by atoms with Crippen LogP contribution in [-0.4, -0.2) is 11.8 Å². The van der Waals surface area contributed by atoms with Crippen LogP contribution in [0.3, 0.4) is 0 Å². The van der Waals surface area contributed by atoms with Crippen LogP contribution in [0, 0.1) is 5.92 Å². The molecule has 5 heteroatoms. The first-order valence-corrected chi connectivity index (χ1v) is 7.88. The number of hydrogen-bond donors (Lipinski definition) is 2. The Morgan fingerprint density at radius 2 is 1.81 bits per heavy atom. The smallest absolute Gasteiger partial charge is 0.271 e. The summed E-state index contributed by atoms with van der Waals surface area (Å²) in [7, 11) is 0. The van der Waals surface area contributed by atoms with Crippen LogP contribution in [0.1, 0.15) is 55.3 Å². The summed E-state index contributed by atoms with van der Waals surface area (Å²) < 4.78 is 0. The normalized spacial score (nSPS) is 15.5. The molecule has 0 spiro atoms. The molecule has 2 N–H and O–H groups in total. The van der Waals surface area contributed by atoms with Crippen molar-refractivity contribution in [1.82, 2.24) is 10.9 Å². The average molecular weight is 309 g/mol. The Morgan fingerprint density at radius 1 is 1.10 bits per heavy atom. The zero-order valence-corrected chi connectivity index (χ0v) is 12.8. The molecule has 1 aliphatic carbocycles. The zero-order chi connectivity index (χ0) is 15.1. The van der Waals surface area contributed by atoms with Crippen molar-refractivity contribution in [1.29, 1.82) is 0 Å². The minimum absolute atomic E-state index is 0.152. The number of benzene rings is 1. The van der Waals surface area contributed by atoms with Gasteiger partial charge in [-0.3, -0.25) is 20.4 Å².